The van der Waals surface area contributed by atoms with Gasteiger partial charge in [-0.15, -0.1) is 11.3 Å². The number of urea groups is 1. The predicted octanol–water partition coefficient (Wildman–Crippen LogP) is 1.31. The summed E-state index contributed by atoms with van der Waals surface area (Å²) in [5, 5.41) is 4.85. The smallest absolute Gasteiger partial charge is 0.331 e. The molecule has 3 amide bonds. The second kappa shape index (κ2) is 7.32. The molecule has 22 heavy (non-hydrogen) atoms. The molecule has 7 nitrogen and oxygen atoms in total. The first-order valence-corrected chi connectivity index (χ1v) is 7.12. The number of para-hydroxylation sites is 1. The van der Waals surface area contributed by atoms with Crippen LogP contribution in [0.25, 0.3) is 16.3 Å². The summed E-state index contributed by atoms with van der Waals surface area (Å²) in [6.07, 6.45) is 2.70. The van der Waals surface area contributed by atoms with Crippen LogP contribution in [0.15, 0.2) is 30.3 Å². The summed E-state index contributed by atoms with van der Waals surface area (Å²) >= 11 is 1.44. The third-order valence-corrected chi connectivity index (χ3v) is 3.50. The summed E-state index contributed by atoms with van der Waals surface area (Å²) in [5.74, 6) is -1.40. The lowest BCUT2D eigenvalue weighted by Crippen LogP contribution is -2.39. The van der Waals surface area contributed by atoms with Crippen LogP contribution in [-0.2, 0) is 14.3 Å². The van der Waals surface area contributed by atoms with Crippen LogP contribution < -0.4 is 10.6 Å². The van der Waals surface area contributed by atoms with Gasteiger partial charge in [0.25, 0.3) is 5.91 Å². The molecule has 0 spiro atoms. The van der Waals surface area contributed by atoms with Crippen molar-refractivity contribution < 1.29 is 19.1 Å². The SMILES string of the molecule is CNC(=O)NC(=O)COC(=O)/C=C/c1nc2ccccc2s1. The molecule has 1 aromatic carbocycles. The van der Waals surface area contributed by atoms with E-state index in [-0.39, 0.29) is 0 Å². The second-order valence-electron chi connectivity index (χ2n) is 4.09. The first kappa shape index (κ1) is 15.6. The average molecular weight is 319 g/mol. The average Bonchev–Trinajstić information content (AvgIpc) is 2.93. The number of carbonyl (C=O) groups excluding carboxylic acids is 3. The topological polar surface area (TPSA) is 97.4 Å². The van der Waals surface area contributed by atoms with Crippen molar-refractivity contribution in [2.24, 2.45) is 0 Å². The molecule has 0 saturated carbocycles. The molecule has 0 radical (unpaired) electrons. The highest BCUT2D eigenvalue weighted by atomic mass is 32.1. The Kier molecular flexibility index (Phi) is 5.21. The van der Waals surface area contributed by atoms with E-state index >= 15 is 0 Å². The Morgan fingerprint density at radius 2 is 2.09 bits per heavy atom. The Balaban J connectivity index is 1.86. The van der Waals surface area contributed by atoms with Gasteiger partial charge in [0.05, 0.1) is 10.2 Å². The van der Waals surface area contributed by atoms with Crippen molar-refractivity contribution in [2.75, 3.05) is 13.7 Å². The number of ether oxygens (including phenoxy) is 1. The van der Waals surface area contributed by atoms with E-state index in [1.165, 1.54) is 30.5 Å². The summed E-state index contributed by atoms with van der Waals surface area (Å²) in [6.45, 7) is -0.531. The molecule has 0 unspecified atom stereocenters. The number of rotatable bonds is 4. The highest BCUT2D eigenvalue weighted by Gasteiger charge is 2.08. The second-order valence-corrected chi connectivity index (χ2v) is 5.15. The Bertz CT molecular complexity index is 706. The Morgan fingerprint density at radius 1 is 1.32 bits per heavy atom. The van der Waals surface area contributed by atoms with Crippen molar-refractivity contribution in [3.05, 3.63) is 35.3 Å². The molecule has 2 rings (SSSR count). The van der Waals surface area contributed by atoms with E-state index in [0.29, 0.717) is 5.01 Å². The van der Waals surface area contributed by atoms with Gasteiger partial charge in [-0.3, -0.25) is 10.1 Å². The van der Waals surface area contributed by atoms with Crippen LogP contribution in [0, 0.1) is 0 Å². The molecule has 2 aromatic rings. The van der Waals surface area contributed by atoms with Gasteiger partial charge >= 0.3 is 12.0 Å². The van der Waals surface area contributed by atoms with E-state index in [1.54, 1.807) is 0 Å². The standard InChI is InChI=1S/C14H13N3O4S/c1-15-14(20)17-11(18)8-21-13(19)7-6-12-16-9-4-2-3-5-10(9)22-12/h2-7H,8H2,1H3,(H2,15,17,18,20)/b7-6+. The zero-order chi connectivity index (χ0) is 15.9. The molecule has 2 N–H and O–H groups in total. The molecule has 1 heterocycles. The number of fused-ring (bicyclic) bond motifs is 1. The lowest BCUT2D eigenvalue weighted by molar-refractivity contribution is -0.143. The number of carbonyl (C=O) groups is 3. The lowest BCUT2D eigenvalue weighted by Gasteiger charge is -2.02. The number of imide groups is 1. The molecule has 0 aliphatic rings. The number of benzene rings is 1. The number of aromatic nitrogens is 1. The van der Waals surface area contributed by atoms with Gasteiger partial charge in [-0.05, 0) is 18.2 Å². The number of hydrogen-bond donors (Lipinski definition) is 2. The highest BCUT2D eigenvalue weighted by Crippen LogP contribution is 2.22. The number of nitrogens with zero attached hydrogens (tertiary/aromatic N) is 1. The molecule has 0 aliphatic carbocycles. The number of nitrogens with one attached hydrogen (secondary N) is 2. The number of esters is 1. The van der Waals surface area contributed by atoms with Crippen LogP contribution >= 0.6 is 11.3 Å². The number of thiazole rings is 1. The summed E-state index contributed by atoms with van der Waals surface area (Å²) in [7, 11) is 1.37. The minimum Gasteiger partial charge on any atom is -0.452 e. The summed E-state index contributed by atoms with van der Waals surface area (Å²) in [4.78, 5) is 37.9. The molecule has 0 saturated heterocycles. The molecule has 0 atom stereocenters. The first-order valence-electron chi connectivity index (χ1n) is 6.30. The first-order chi connectivity index (χ1) is 10.6. The molecule has 114 valence electrons. The van der Waals surface area contributed by atoms with E-state index in [1.807, 2.05) is 29.6 Å². The minimum absolute atomic E-state index is 0.531. The maximum Gasteiger partial charge on any atom is 0.331 e. The molecule has 0 bridgehead atoms. The van der Waals surface area contributed by atoms with Gasteiger partial charge in [0, 0.05) is 13.1 Å². The summed E-state index contributed by atoms with van der Waals surface area (Å²) in [5.41, 5.74) is 0.852. The fraction of sp³-hybridized carbons (Fsp3) is 0.143. The van der Waals surface area contributed by atoms with Crippen molar-refractivity contribution in [1.82, 2.24) is 15.6 Å². The third kappa shape index (κ3) is 4.38. The molecule has 1 aromatic heterocycles. The molecule has 8 heteroatoms. The zero-order valence-electron chi connectivity index (χ0n) is 11.7. The van der Waals surface area contributed by atoms with E-state index in [4.69, 9.17) is 4.74 Å². The lowest BCUT2D eigenvalue weighted by atomic mass is 10.3. The largest absolute Gasteiger partial charge is 0.452 e. The van der Waals surface area contributed by atoms with Gasteiger partial charge in [0.1, 0.15) is 5.01 Å². The maximum atomic E-state index is 11.5. The minimum atomic E-state index is -0.707. The quantitative estimate of drug-likeness (QED) is 0.654. The Hall–Kier alpha value is -2.74. The van der Waals surface area contributed by atoms with Crippen molar-refractivity contribution in [1.29, 1.82) is 0 Å². The number of hydrogen-bond acceptors (Lipinski definition) is 6. The fourth-order valence-corrected chi connectivity index (χ4v) is 2.38. The number of amides is 3. The van der Waals surface area contributed by atoms with Crippen LogP contribution in [0.1, 0.15) is 5.01 Å². The van der Waals surface area contributed by atoms with Gasteiger partial charge in [-0.1, -0.05) is 12.1 Å². The predicted molar refractivity (Wildman–Crippen MR) is 82.2 cm³/mol. The third-order valence-electron chi connectivity index (χ3n) is 2.50. The van der Waals surface area contributed by atoms with Gasteiger partial charge < -0.3 is 10.1 Å². The van der Waals surface area contributed by atoms with Gasteiger partial charge in [-0.2, -0.15) is 0 Å². The van der Waals surface area contributed by atoms with E-state index in [9.17, 15) is 14.4 Å². The Labute approximate surface area is 130 Å². The highest BCUT2D eigenvalue weighted by molar-refractivity contribution is 7.19. The van der Waals surface area contributed by atoms with Crippen molar-refractivity contribution in [3.8, 4) is 0 Å². The van der Waals surface area contributed by atoms with Crippen LogP contribution in [0.3, 0.4) is 0 Å². The van der Waals surface area contributed by atoms with E-state index < -0.39 is 24.5 Å². The monoisotopic (exact) mass is 319 g/mol. The molecule has 0 aliphatic heterocycles. The van der Waals surface area contributed by atoms with Crippen LogP contribution in [-0.4, -0.2) is 36.5 Å². The molecular formula is C14H13N3O4S. The van der Waals surface area contributed by atoms with Crippen LogP contribution in [0.5, 0.6) is 0 Å². The molecular weight excluding hydrogens is 306 g/mol. The zero-order valence-corrected chi connectivity index (χ0v) is 12.5. The summed E-state index contributed by atoms with van der Waals surface area (Å²) in [6, 6.07) is 6.95. The van der Waals surface area contributed by atoms with E-state index in [2.05, 4.69) is 10.3 Å². The van der Waals surface area contributed by atoms with Crippen molar-refractivity contribution >= 4 is 45.5 Å². The Morgan fingerprint density at radius 3 is 2.82 bits per heavy atom. The van der Waals surface area contributed by atoms with Crippen molar-refractivity contribution in [3.63, 3.8) is 0 Å². The van der Waals surface area contributed by atoms with Gasteiger partial charge in [-0.25, -0.2) is 14.6 Å². The normalized spacial score (nSPS) is 10.6. The van der Waals surface area contributed by atoms with Crippen molar-refractivity contribution in [2.45, 2.75) is 0 Å². The van der Waals surface area contributed by atoms with Gasteiger partial charge in [0.15, 0.2) is 6.61 Å². The van der Waals surface area contributed by atoms with Crippen LogP contribution in [0.4, 0.5) is 4.79 Å². The fourth-order valence-electron chi connectivity index (χ4n) is 1.51. The molecule has 0 fully saturated rings. The van der Waals surface area contributed by atoms with Crippen LogP contribution in [0.2, 0.25) is 0 Å². The summed E-state index contributed by atoms with van der Waals surface area (Å²) < 4.78 is 5.72. The van der Waals surface area contributed by atoms with E-state index in [0.717, 1.165) is 10.2 Å². The van der Waals surface area contributed by atoms with Gasteiger partial charge in [0.2, 0.25) is 0 Å². The maximum absolute atomic E-state index is 11.5.